The number of rotatable bonds is 8. The van der Waals surface area contributed by atoms with E-state index >= 15 is 0 Å². The van der Waals surface area contributed by atoms with Gasteiger partial charge in [0.1, 0.15) is 6.10 Å². The molecule has 1 aromatic carbocycles. The first kappa shape index (κ1) is 17.9. The Morgan fingerprint density at radius 1 is 1.44 bits per heavy atom. The molecule has 2 heterocycles. The molecular weight excluding hydrogens is 320 g/mol. The first-order valence-electron chi connectivity index (χ1n) is 8.79. The second-order valence-corrected chi connectivity index (χ2v) is 6.38. The summed E-state index contributed by atoms with van der Waals surface area (Å²) in [5, 5.41) is 4.07. The van der Waals surface area contributed by atoms with Crippen LogP contribution in [0, 0.1) is 0 Å². The highest BCUT2D eigenvalue weighted by molar-refractivity contribution is 5.96. The zero-order chi connectivity index (χ0) is 17.6. The molecule has 6 nitrogen and oxygen atoms in total. The number of fused-ring (bicyclic) bond motifs is 1. The van der Waals surface area contributed by atoms with E-state index in [0.29, 0.717) is 13.2 Å². The molecule has 0 spiro atoms. The Hall–Kier alpha value is -1.89. The molecule has 1 aliphatic heterocycles. The lowest BCUT2D eigenvalue weighted by molar-refractivity contribution is -0.128. The summed E-state index contributed by atoms with van der Waals surface area (Å²) >= 11 is 0. The van der Waals surface area contributed by atoms with Crippen molar-refractivity contribution in [2.24, 2.45) is 0 Å². The van der Waals surface area contributed by atoms with Crippen LogP contribution >= 0.6 is 0 Å². The lowest BCUT2D eigenvalue weighted by Crippen LogP contribution is -2.30. The molecule has 3 rings (SSSR count). The molecule has 25 heavy (non-hydrogen) atoms. The number of carbonyl (C=O) groups excluding carboxylic acids is 1. The van der Waals surface area contributed by atoms with E-state index in [1.54, 1.807) is 14.0 Å². The van der Waals surface area contributed by atoms with Crippen molar-refractivity contribution in [3.8, 4) is 0 Å². The summed E-state index contributed by atoms with van der Waals surface area (Å²) in [6.45, 7) is 4.45. The topological polar surface area (TPSA) is 61.7 Å². The molecule has 0 unspecified atom stereocenters. The van der Waals surface area contributed by atoms with Gasteiger partial charge < -0.3 is 24.1 Å². The van der Waals surface area contributed by atoms with Gasteiger partial charge in [-0.25, -0.2) is 0 Å². The van der Waals surface area contributed by atoms with E-state index in [2.05, 4.69) is 16.0 Å². The molecule has 6 heteroatoms. The van der Waals surface area contributed by atoms with Crippen LogP contribution in [0.3, 0.4) is 0 Å². The van der Waals surface area contributed by atoms with E-state index in [1.807, 2.05) is 24.4 Å². The van der Waals surface area contributed by atoms with E-state index in [1.165, 1.54) is 0 Å². The summed E-state index contributed by atoms with van der Waals surface area (Å²) < 4.78 is 18.4. The third kappa shape index (κ3) is 4.60. The summed E-state index contributed by atoms with van der Waals surface area (Å²) in [6, 6.07) is 7.96. The van der Waals surface area contributed by atoms with E-state index in [-0.39, 0.29) is 12.0 Å². The molecule has 0 aliphatic carbocycles. The molecule has 0 radical (unpaired) electrons. The van der Waals surface area contributed by atoms with Gasteiger partial charge in [0, 0.05) is 32.1 Å². The van der Waals surface area contributed by atoms with Gasteiger partial charge in [-0.1, -0.05) is 6.07 Å². The van der Waals surface area contributed by atoms with Crippen molar-refractivity contribution < 1.29 is 19.0 Å². The number of amides is 1. The van der Waals surface area contributed by atoms with Crippen molar-refractivity contribution in [2.45, 2.75) is 38.5 Å². The number of nitrogens with one attached hydrogen (secondary N) is 1. The third-order valence-electron chi connectivity index (χ3n) is 4.50. The fourth-order valence-electron chi connectivity index (χ4n) is 2.99. The minimum atomic E-state index is -0.514. The number of hydrogen-bond donors (Lipinski definition) is 1. The number of ether oxygens (including phenoxy) is 3. The molecule has 2 aromatic rings. The Kier molecular flexibility index (Phi) is 6.07. The average Bonchev–Trinajstić information content (AvgIpc) is 3.27. The lowest BCUT2D eigenvalue weighted by Gasteiger charge is -2.16. The number of nitrogens with zero attached hydrogens (tertiary/aromatic N) is 1. The van der Waals surface area contributed by atoms with Crippen LogP contribution in [0.5, 0.6) is 0 Å². The Bertz CT molecular complexity index is 707. The molecule has 1 N–H and O–H groups in total. The minimum absolute atomic E-state index is 0.121. The predicted molar refractivity (Wildman–Crippen MR) is 96.8 cm³/mol. The maximum Gasteiger partial charge on any atom is 0.253 e. The zero-order valence-electron chi connectivity index (χ0n) is 14.9. The summed E-state index contributed by atoms with van der Waals surface area (Å²) in [4.78, 5) is 12.3. The van der Waals surface area contributed by atoms with Crippen LogP contribution in [-0.4, -0.2) is 49.6 Å². The SMILES string of the molecule is COCCn1ccc2ccc(NC(=O)[C@@H](C)OC[C@@H]3CCCO3)cc21. The van der Waals surface area contributed by atoms with E-state index < -0.39 is 6.10 Å². The van der Waals surface area contributed by atoms with Crippen molar-refractivity contribution in [3.63, 3.8) is 0 Å². The number of aromatic nitrogens is 1. The Balaban J connectivity index is 1.59. The van der Waals surface area contributed by atoms with Crippen LogP contribution in [0.4, 0.5) is 5.69 Å². The second-order valence-electron chi connectivity index (χ2n) is 6.38. The van der Waals surface area contributed by atoms with Gasteiger partial charge in [-0.2, -0.15) is 0 Å². The Morgan fingerprint density at radius 3 is 3.08 bits per heavy atom. The molecular formula is C19H26N2O4. The minimum Gasteiger partial charge on any atom is -0.383 e. The maximum absolute atomic E-state index is 12.3. The summed E-state index contributed by atoms with van der Waals surface area (Å²) in [5.74, 6) is -0.146. The van der Waals surface area contributed by atoms with Crippen LogP contribution in [0.1, 0.15) is 19.8 Å². The molecule has 1 fully saturated rings. The molecule has 1 saturated heterocycles. The van der Waals surface area contributed by atoms with E-state index in [4.69, 9.17) is 14.2 Å². The van der Waals surface area contributed by atoms with Gasteiger partial charge in [0.25, 0.3) is 5.91 Å². The summed E-state index contributed by atoms with van der Waals surface area (Å²) in [6.07, 6.45) is 3.71. The lowest BCUT2D eigenvalue weighted by atomic mass is 10.2. The molecule has 1 aliphatic rings. The number of methoxy groups -OCH3 is 1. The van der Waals surface area contributed by atoms with Crippen LogP contribution in [0.15, 0.2) is 30.5 Å². The first-order chi connectivity index (χ1) is 12.2. The maximum atomic E-state index is 12.3. The fourth-order valence-corrected chi connectivity index (χ4v) is 2.99. The van der Waals surface area contributed by atoms with Gasteiger partial charge in [-0.05, 0) is 43.4 Å². The monoisotopic (exact) mass is 346 g/mol. The third-order valence-corrected chi connectivity index (χ3v) is 4.50. The zero-order valence-corrected chi connectivity index (χ0v) is 14.9. The largest absolute Gasteiger partial charge is 0.383 e. The molecule has 2 atom stereocenters. The number of benzene rings is 1. The van der Waals surface area contributed by atoms with Crippen molar-refractivity contribution in [2.75, 3.05) is 32.2 Å². The molecule has 1 aromatic heterocycles. The van der Waals surface area contributed by atoms with Crippen molar-refractivity contribution in [3.05, 3.63) is 30.5 Å². The van der Waals surface area contributed by atoms with Crippen molar-refractivity contribution >= 4 is 22.5 Å². The van der Waals surface area contributed by atoms with E-state index in [0.717, 1.165) is 42.6 Å². The number of hydrogen-bond acceptors (Lipinski definition) is 4. The highest BCUT2D eigenvalue weighted by atomic mass is 16.5. The van der Waals surface area contributed by atoms with E-state index in [9.17, 15) is 4.79 Å². The van der Waals surface area contributed by atoms with Gasteiger partial charge >= 0.3 is 0 Å². The summed E-state index contributed by atoms with van der Waals surface area (Å²) in [5.41, 5.74) is 1.84. The molecule has 0 bridgehead atoms. The standard InChI is InChI=1S/C19H26N2O4/c1-14(25-13-17-4-3-10-24-17)19(22)20-16-6-5-15-7-8-21(9-11-23-2)18(15)12-16/h5-8,12,14,17H,3-4,9-11,13H2,1-2H3,(H,20,22)/t14-,17+/m1/s1. The van der Waals surface area contributed by atoms with Crippen LogP contribution in [-0.2, 0) is 25.5 Å². The van der Waals surface area contributed by atoms with Crippen LogP contribution in [0.2, 0.25) is 0 Å². The Labute approximate surface area is 148 Å². The normalized spacial score (nSPS) is 18.6. The highest BCUT2D eigenvalue weighted by Gasteiger charge is 2.20. The van der Waals surface area contributed by atoms with Gasteiger partial charge in [0.15, 0.2) is 0 Å². The smallest absolute Gasteiger partial charge is 0.253 e. The summed E-state index contributed by atoms with van der Waals surface area (Å²) in [7, 11) is 1.69. The van der Waals surface area contributed by atoms with Crippen molar-refractivity contribution in [1.82, 2.24) is 4.57 Å². The van der Waals surface area contributed by atoms with Crippen LogP contribution < -0.4 is 5.32 Å². The number of anilines is 1. The molecule has 1 amide bonds. The molecule has 136 valence electrons. The average molecular weight is 346 g/mol. The van der Waals surface area contributed by atoms with Crippen molar-refractivity contribution in [1.29, 1.82) is 0 Å². The fraction of sp³-hybridized carbons (Fsp3) is 0.526. The molecule has 0 saturated carbocycles. The van der Waals surface area contributed by atoms with Gasteiger partial charge in [-0.15, -0.1) is 0 Å². The second kappa shape index (κ2) is 8.47. The van der Waals surface area contributed by atoms with Crippen LogP contribution in [0.25, 0.3) is 10.9 Å². The van der Waals surface area contributed by atoms with Gasteiger partial charge in [0.2, 0.25) is 0 Å². The quantitative estimate of drug-likeness (QED) is 0.798. The van der Waals surface area contributed by atoms with Gasteiger partial charge in [-0.3, -0.25) is 4.79 Å². The first-order valence-corrected chi connectivity index (χ1v) is 8.79. The van der Waals surface area contributed by atoms with Gasteiger partial charge in [0.05, 0.1) is 24.8 Å². The highest BCUT2D eigenvalue weighted by Crippen LogP contribution is 2.21. The number of carbonyl (C=O) groups is 1. The Morgan fingerprint density at radius 2 is 2.32 bits per heavy atom. The predicted octanol–water partition coefficient (Wildman–Crippen LogP) is 2.81.